The Morgan fingerprint density at radius 3 is 2.13 bits per heavy atom. The molecule has 4 aromatic rings. The minimum Gasteiger partial charge on any atom is -0.445 e. The summed E-state index contributed by atoms with van der Waals surface area (Å²) < 4.78 is 11.1. The maximum Gasteiger partial charge on any atom is 0.410 e. The van der Waals surface area contributed by atoms with Gasteiger partial charge in [0.1, 0.15) is 12.2 Å². The third-order valence-corrected chi connectivity index (χ3v) is 10.4. The summed E-state index contributed by atoms with van der Waals surface area (Å²) in [5.74, 6) is 0.160. The minimum atomic E-state index is -0.898. The van der Waals surface area contributed by atoms with E-state index in [-0.39, 0.29) is 30.6 Å². The van der Waals surface area contributed by atoms with Crippen LogP contribution in [0.15, 0.2) is 97.2 Å². The smallest absolute Gasteiger partial charge is 0.410 e. The summed E-state index contributed by atoms with van der Waals surface area (Å²) in [6.07, 6.45) is 5.30. The van der Waals surface area contributed by atoms with Gasteiger partial charge in [-0.3, -0.25) is 9.78 Å². The van der Waals surface area contributed by atoms with Crippen LogP contribution < -0.4 is 10.6 Å². The number of alkyl carbamates (subject to hydrolysis) is 1. The molecule has 0 aliphatic heterocycles. The van der Waals surface area contributed by atoms with Crippen molar-refractivity contribution in [1.82, 2.24) is 15.2 Å². The molecule has 2 aliphatic carbocycles. The number of hydrogen-bond donors (Lipinski definition) is 3. The summed E-state index contributed by atoms with van der Waals surface area (Å²) in [4.78, 5) is 45.4. The molecule has 3 amide bonds. The second kappa shape index (κ2) is 16.0. The second-order valence-corrected chi connectivity index (χ2v) is 16.2. The van der Waals surface area contributed by atoms with Crippen LogP contribution in [0.3, 0.4) is 0 Å². The lowest BCUT2D eigenvalue weighted by molar-refractivity contribution is -0.117. The molecule has 10 nitrogen and oxygen atoms in total. The monoisotopic (exact) mass is 732 g/mol. The summed E-state index contributed by atoms with van der Waals surface area (Å²) in [6.45, 7) is 7.47. The van der Waals surface area contributed by atoms with Crippen molar-refractivity contribution >= 4 is 23.8 Å². The van der Waals surface area contributed by atoms with E-state index in [1.807, 2.05) is 112 Å². The number of carbonyl (C=O) groups is 3. The van der Waals surface area contributed by atoms with Crippen LogP contribution in [0.5, 0.6) is 0 Å². The molecule has 54 heavy (non-hydrogen) atoms. The molecule has 3 aromatic carbocycles. The zero-order valence-corrected chi connectivity index (χ0v) is 31.9. The van der Waals surface area contributed by atoms with Crippen LogP contribution in [-0.2, 0) is 26.4 Å². The predicted molar refractivity (Wildman–Crippen MR) is 209 cm³/mol. The highest BCUT2D eigenvalue weighted by Crippen LogP contribution is 2.49. The number of anilines is 1. The SMILES string of the molecule is CN(C(=O)OCc1ccccc1)C1CCC(CC(=O)Nc2cnc(-c3ccc(C4(NC(=O)OC(C)(C)C)CC(C)(O)C4)cc3)c(-c3ccccc3)c2)CC1. The number of nitrogens with zero attached hydrogens (tertiary/aromatic N) is 2. The third-order valence-electron chi connectivity index (χ3n) is 10.4. The molecule has 284 valence electrons. The van der Waals surface area contributed by atoms with Gasteiger partial charge in [0.05, 0.1) is 28.7 Å². The highest BCUT2D eigenvalue weighted by Gasteiger charge is 2.53. The van der Waals surface area contributed by atoms with E-state index in [9.17, 15) is 19.5 Å². The van der Waals surface area contributed by atoms with E-state index < -0.39 is 22.8 Å². The number of pyridine rings is 1. The summed E-state index contributed by atoms with van der Waals surface area (Å²) in [6, 6.07) is 29.5. The zero-order chi connectivity index (χ0) is 38.5. The number of benzene rings is 3. The minimum absolute atomic E-state index is 0.0637. The first-order valence-corrected chi connectivity index (χ1v) is 18.8. The summed E-state index contributed by atoms with van der Waals surface area (Å²) in [5, 5.41) is 16.8. The average molecular weight is 733 g/mol. The number of ether oxygens (including phenoxy) is 2. The molecule has 2 fully saturated rings. The molecule has 2 saturated carbocycles. The van der Waals surface area contributed by atoms with E-state index >= 15 is 0 Å². The summed E-state index contributed by atoms with van der Waals surface area (Å²) >= 11 is 0. The highest BCUT2D eigenvalue weighted by atomic mass is 16.6. The first-order valence-electron chi connectivity index (χ1n) is 18.8. The highest BCUT2D eigenvalue weighted by molar-refractivity contribution is 5.93. The van der Waals surface area contributed by atoms with Crippen molar-refractivity contribution in [2.24, 2.45) is 5.92 Å². The van der Waals surface area contributed by atoms with E-state index in [0.29, 0.717) is 24.9 Å². The maximum absolute atomic E-state index is 13.3. The van der Waals surface area contributed by atoms with Crippen LogP contribution in [0, 0.1) is 5.92 Å². The Balaban J connectivity index is 1.10. The van der Waals surface area contributed by atoms with Crippen molar-refractivity contribution in [3.05, 3.63) is 108 Å². The lowest BCUT2D eigenvalue weighted by Gasteiger charge is -2.52. The molecule has 6 rings (SSSR count). The van der Waals surface area contributed by atoms with Gasteiger partial charge in [-0.25, -0.2) is 9.59 Å². The first-order chi connectivity index (χ1) is 25.7. The standard InChI is InChI=1S/C44H52N4O6/c1-42(2,3)54-40(50)47-44(28-43(4,52)29-44)34-20-18-33(19-21-34)39-37(32-14-10-7-11-15-32)25-35(26-45-39)46-38(49)24-30-16-22-36(23-17-30)48(5)41(51)53-27-31-12-8-6-9-13-31/h6-15,18-21,25-26,30,36,52H,16-17,22-24,27-29H2,1-5H3,(H,46,49)(H,47,50). The molecule has 0 bridgehead atoms. The number of hydrogen-bond acceptors (Lipinski definition) is 7. The number of aliphatic hydroxyl groups is 1. The van der Waals surface area contributed by atoms with Gasteiger partial charge in [0.15, 0.2) is 0 Å². The van der Waals surface area contributed by atoms with E-state index in [4.69, 9.17) is 14.5 Å². The number of nitrogens with one attached hydrogen (secondary N) is 2. The number of rotatable bonds is 10. The molecule has 1 aromatic heterocycles. The van der Waals surface area contributed by atoms with Crippen LogP contribution in [0.2, 0.25) is 0 Å². The lowest BCUT2D eigenvalue weighted by atomic mass is 9.62. The van der Waals surface area contributed by atoms with Crippen LogP contribution in [0.1, 0.15) is 83.8 Å². The molecule has 0 saturated heterocycles. The van der Waals surface area contributed by atoms with Crippen molar-refractivity contribution in [1.29, 1.82) is 0 Å². The summed E-state index contributed by atoms with van der Waals surface area (Å²) in [5.41, 5.74) is 3.61. The van der Waals surface area contributed by atoms with Crippen LogP contribution in [0.25, 0.3) is 22.4 Å². The van der Waals surface area contributed by atoms with Gasteiger partial charge in [0.2, 0.25) is 5.91 Å². The van der Waals surface area contributed by atoms with Gasteiger partial charge in [0.25, 0.3) is 0 Å². The Hall–Kier alpha value is -5.22. The molecular weight excluding hydrogens is 681 g/mol. The van der Waals surface area contributed by atoms with Gasteiger partial charge in [-0.15, -0.1) is 0 Å². The van der Waals surface area contributed by atoms with Crippen molar-refractivity contribution < 1.29 is 29.0 Å². The lowest BCUT2D eigenvalue weighted by Crippen LogP contribution is -2.62. The van der Waals surface area contributed by atoms with Crippen LogP contribution >= 0.6 is 0 Å². The second-order valence-electron chi connectivity index (χ2n) is 16.2. The fraction of sp³-hybridized carbons (Fsp3) is 0.409. The van der Waals surface area contributed by atoms with Gasteiger partial charge in [-0.2, -0.15) is 0 Å². The molecule has 10 heteroatoms. The van der Waals surface area contributed by atoms with E-state index in [2.05, 4.69) is 10.6 Å². The van der Waals surface area contributed by atoms with Crippen molar-refractivity contribution in [2.45, 2.75) is 102 Å². The van der Waals surface area contributed by atoms with Crippen molar-refractivity contribution in [3.8, 4) is 22.4 Å². The zero-order valence-electron chi connectivity index (χ0n) is 31.9. The Bertz CT molecular complexity index is 1910. The fourth-order valence-electron chi connectivity index (χ4n) is 7.84. The fourth-order valence-corrected chi connectivity index (χ4v) is 7.84. The van der Waals surface area contributed by atoms with E-state index in [1.54, 1.807) is 25.1 Å². The molecular formula is C44H52N4O6. The normalized spacial score (nSPS) is 22.3. The van der Waals surface area contributed by atoms with Crippen molar-refractivity contribution in [3.63, 3.8) is 0 Å². The molecule has 2 aliphatic rings. The Morgan fingerprint density at radius 1 is 0.889 bits per heavy atom. The van der Waals surface area contributed by atoms with Gasteiger partial charge in [0, 0.05) is 43.5 Å². The average Bonchev–Trinajstić information content (AvgIpc) is 3.13. The predicted octanol–water partition coefficient (Wildman–Crippen LogP) is 8.84. The Morgan fingerprint density at radius 2 is 1.52 bits per heavy atom. The van der Waals surface area contributed by atoms with Crippen LogP contribution in [-0.4, -0.2) is 57.4 Å². The molecule has 0 radical (unpaired) electrons. The largest absolute Gasteiger partial charge is 0.445 e. The number of amides is 3. The first kappa shape index (κ1) is 38.5. The third kappa shape index (κ3) is 9.65. The quantitative estimate of drug-likeness (QED) is 0.149. The van der Waals surface area contributed by atoms with Gasteiger partial charge in [-0.1, -0.05) is 84.9 Å². The van der Waals surface area contributed by atoms with Crippen LogP contribution in [0.4, 0.5) is 15.3 Å². The Labute approximate surface area is 318 Å². The summed E-state index contributed by atoms with van der Waals surface area (Å²) in [7, 11) is 1.79. The maximum atomic E-state index is 13.3. The number of carbonyl (C=O) groups excluding carboxylic acids is 3. The molecule has 0 spiro atoms. The van der Waals surface area contributed by atoms with Gasteiger partial charge in [-0.05, 0) is 82.1 Å². The van der Waals surface area contributed by atoms with Crippen molar-refractivity contribution in [2.75, 3.05) is 12.4 Å². The molecule has 0 unspecified atom stereocenters. The Kier molecular flexibility index (Phi) is 11.4. The molecule has 0 atom stereocenters. The van der Waals surface area contributed by atoms with E-state index in [1.165, 1.54) is 0 Å². The topological polar surface area (TPSA) is 130 Å². The molecule has 1 heterocycles. The van der Waals surface area contributed by atoms with Gasteiger partial charge >= 0.3 is 12.2 Å². The van der Waals surface area contributed by atoms with Gasteiger partial charge < -0.3 is 30.1 Å². The molecule has 3 N–H and O–H groups in total. The number of aromatic nitrogens is 1. The van der Waals surface area contributed by atoms with E-state index in [0.717, 1.165) is 59.2 Å².